The van der Waals surface area contributed by atoms with Gasteiger partial charge in [0.15, 0.2) is 17.6 Å². The smallest absolute Gasteiger partial charge is 0.169 e. The molecule has 0 saturated carbocycles. The first-order valence-electron chi connectivity index (χ1n) is 9.31. The van der Waals surface area contributed by atoms with Crippen LogP contribution in [0.25, 0.3) is 6.08 Å². The lowest BCUT2D eigenvalue weighted by molar-refractivity contribution is 0.139. The molecule has 0 spiro atoms. The average molecular weight is 336 g/mol. The molecule has 2 aromatic carbocycles. The molecule has 2 nitrogen and oxygen atoms in total. The molecule has 0 saturated heterocycles. The van der Waals surface area contributed by atoms with Crippen molar-refractivity contribution >= 4 is 6.08 Å². The van der Waals surface area contributed by atoms with E-state index in [1.54, 1.807) is 0 Å². The molecule has 25 heavy (non-hydrogen) atoms. The molecular weight excluding hydrogens is 308 g/mol. The molecule has 0 N–H and O–H groups in total. The van der Waals surface area contributed by atoms with Crippen LogP contribution in [0.2, 0.25) is 0 Å². The van der Waals surface area contributed by atoms with Crippen LogP contribution >= 0.6 is 0 Å². The zero-order valence-electron chi connectivity index (χ0n) is 15.8. The highest BCUT2D eigenvalue weighted by atomic mass is 16.6. The van der Waals surface area contributed by atoms with Gasteiger partial charge in [-0.1, -0.05) is 49.6 Å². The molecular formula is C23H28O2. The summed E-state index contributed by atoms with van der Waals surface area (Å²) in [5.41, 5.74) is 5.09. The Labute approximate surface area is 151 Å². The minimum atomic E-state index is -0.0125. The third-order valence-electron chi connectivity index (χ3n) is 4.76. The Bertz CT molecular complexity index is 750. The number of unbranched alkanes of at least 4 members (excludes halogenated alkanes) is 2. The molecule has 2 heteroatoms. The van der Waals surface area contributed by atoms with Gasteiger partial charge in [0.1, 0.15) is 5.76 Å². The number of benzene rings is 2. The largest absolute Gasteiger partial charge is 0.479 e. The number of ether oxygens (including phenoxy) is 2. The summed E-state index contributed by atoms with van der Waals surface area (Å²) in [7, 11) is 0. The molecule has 1 aliphatic rings. The van der Waals surface area contributed by atoms with E-state index in [9.17, 15) is 0 Å². The molecule has 1 heterocycles. The van der Waals surface area contributed by atoms with Gasteiger partial charge in [-0.05, 0) is 68.5 Å². The Morgan fingerprint density at radius 2 is 1.64 bits per heavy atom. The minimum absolute atomic E-state index is 0.0125. The number of aryl methyl sites for hydroxylation is 3. The molecule has 0 aliphatic carbocycles. The van der Waals surface area contributed by atoms with Crippen LogP contribution < -0.4 is 9.47 Å². The SMILES string of the molecule is CCCCCC1Oc2ccccc2O/C1=C\c1c(C)cc(C)cc1C. The van der Waals surface area contributed by atoms with Gasteiger partial charge in [0.05, 0.1) is 0 Å². The van der Waals surface area contributed by atoms with E-state index in [1.807, 2.05) is 24.3 Å². The topological polar surface area (TPSA) is 18.5 Å². The summed E-state index contributed by atoms with van der Waals surface area (Å²) in [5, 5.41) is 0. The van der Waals surface area contributed by atoms with Gasteiger partial charge in [-0.25, -0.2) is 0 Å². The number of rotatable bonds is 5. The van der Waals surface area contributed by atoms with E-state index in [0.29, 0.717) is 0 Å². The molecule has 0 bridgehead atoms. The fourth-order valence-corrected chi connectivity index (χ4v) is 3.50. The molecule has 0 amide bonds. The van der Waals surface area contributed by atoms with Crippen LogP contribution in [0.1, 0.15) is 54.9 Å². The van der Waals surface area contributed by atoms with E-state index in [0.717, 1.165) is 30.1 Å². The van der Waals surface area contributed by atoms with Gasteiger partial charge >= 0.3 is 0 Å². The summed E-state index contributed by atoms with van der Waals surface area (Å²) in [5.74, 6) is 2.58. The quantitative estimate of drug-likeness (QED) is 0.590. The van der Waals surface area contributed by atoms with Gasteiger partial charge in [0, 0.05) is 0 Å². The molecule has 1 aliphatic heterocycles. The molecule has 3 rings (SSSR count). The van der Waals surface area contributed by atoms with Crippen molar-refractivity contribution in [2.45, 2.75) is 59.5 Å². The second-order valence-corrected chi connectivity index (χ2v) is 7.01. The zero-order chi connectivity index (χ0) is 17.8. The normalized spacial score (nSPS) is 17.8. The van der Waals surface area contributed by atoms with Gasteiger partial charge in [0.25, 0.3) is 0 Å². The molecule has 0 fully saturated rings. The molecule has 2 aromatic rings. The van der Waals surface area contributed by atoms with E-state index in [-0.39, 0.29) is 6.10 Å². The lowest BCUT2D eigenvalue weighted by atomic mass is 9.97. The summed E-state index contributed by atoms with van der Waals surface area (Å²) in [4.78, 5) is 0. The number of hydrogen-bond acceptors (Lipinski definition) is 2. The van der Waals surface area contributed by atoms with Crippen molar-refractivity contribution < 1.29 is 9.47 Å². The van der Waals surface area contributed by atoms with Crippen LogP contribution in [0.3, 0.4) is 0 Å². The number of hydrogen-bond donors (Lipinski definition) is 0. The second-order valence-electron chi connectivity index (χ2n) is 7.01. The van der Waals surface area contributed by atoms with E-state index in [2.05, 4.69) is 45.9 Å². The maximum Gasteiger partial charge on any atom is 0.169 e. The van der Waals surface area contributed by atoms with E-state index in [4.69, 9.17) is 9.47 Å². The molecule has 1 unspecified atom stereocenters. The van der Waals surface area contributed by atoms with Crippen LogP contribution in [-0.4, -0.2) is 6.10 Å². The van der Waals surface area contributed by atoms with Gasteiger partial charge in [-0.3, -0.25) is 0 Å². The third-order valence-corrected chi connectivity index (χ3v) is 4.76. The maximum absolute atomic E-state index is 6.27. The molecule has 132 valence electrons. The summed E-state index contributed by atoms with van der Waals surface area (Å²) in [6.45, 7) is 8.69. The fourth-order valence-electron chi connectivity index (χ4n) is 3.50. The molecule has 1 atom stereocenters. The van der Waals surface area contributed by atoms with Crippen molar-refractivity contribution in [3.05, 3.63) is 64.4 Å². The predicted octanol–water partition coefficient (Wildman–Crippen LogP) is 6.37. The van der Waals surface area contributed by atoms with Crippen molar-refractivity contribution in [1.29, 1.82) is 0 Å². The summed E-state index contributed by atoms with van der Waals surface area (Å²) in [6, 6.07) is 12.4. The van der Waals surface area contributed by atoms with Crippen molar-refractivity contribution in [2.24, 2.45) is 0 Å². The van der Waals surface area contributed by atoms with Gasteiger partial charge in [-0.15, -0.1) is 0 Å². The van der Waals surface area contributed by atoms with E-state index < -0.39 is 0 Å². The standard InChI is InChI=1S/C23H28O2/c1-5-6-7-10-22-23(25-21-12-9-8-11-20(21)24-22)15-19-17(3)13-16(2)14-18(19)4/h8-9,11-15,22H,5-7,10H2,1-4H3/b23-15-. The number of para-hydroxylation sites is 2. The minimum Gasteiger partial charge on any atom is -0.479 e. The highest BCUT2D eigenvalue weighted by Crippen LogP contribution is 2.37. The van der Waals surface area contributed by atoms with E-state index >= 15 is 0 Å². The van der Waals surface area contributed by atoms with Gasteiger partial charge < -0.3 is 9.47 Å². The fraction of sp³-hybridized carbons (Fsp3) is 0.391. The lowest BCUT2D eigenvalue weighted by Crippen LogP contribution is -2.27. The van der Waals surface area contributed by atoms with Crippen LogP contribution in [-0.2, 0) is 0 Å². The Hall–Kier alpha value is -2.22. The lowest BCUT2D eigenvalue weighted by Gasteiger charge is -2.29. The summed E-state index contributed by atoms with van der Waals surface area (Å²) < 4.78 is 12.5. The Kier molecular flexibility index (Phi) is 5.47. The first-order valence-corrected chi connectivity index (χ1v) is 9.31. The molecule has 0 radical (unpaired) electrons. The third kappa shape index (κ3) is 4.07. The first-order chi connectivity index (χ1) is 12.1. The van der Waals surface area contributed by atoms with Crippen LogP contribution in [0.15, 0.2) is 42.2 Å². The summed E-state index contributed by atoms with van der Waals surface area (Å²) in [6.07, 6.45) is 6.72. The maximum atomic E-state index is 6.27. The second kappa shape index (κ2) is 7.77. The predicted molar refractivity (Wildman–Crippen MR) is 104 cm³/mol. The van der Waals surface area contributed by atoms with Gasteiger partial charge in [0.2, 0.25) is 0 Å². The van der Waals surface area contributed by atoms with Crippen molar-refractivity contribution in [1.82, 2.24) is 0 Å². The highest BCUT2D eigenvalue weighted by Gasteiger charge is 2.26. The Balaban J connectivity index is 1.96. The first kappa shape index (κ1) is 17.6. The van der Waals surface area contributed by atoms with Gasteiger partial charge in [-0.2, -0.15) is 0 Å². The molecule has 0 aromatic heterocycles. The summed E-state index contributed by atoms with van der Waals surface area (Å²) >= 11 is 0. The Morgan fingerprint density at radius 3 is 2.32 bits per heavy atom. The van der Waals surface area contributed by atoms with Crippen molar-refractivity contribution in [2.75, 3.05) is 0 Å². The zero-order valence-corrected chi connectivity index (χ0v) is 15.8. The highest BCUT2D eigenvalue weighted by molar-refractivity contribution is 5.62. The Morgan fingerprint density at radius 1 is 0.960 bits per heavy atom. The average Bonchev–Trinajstić information content (AvgIpc) is 2.58. The van der Waals surface area contributed by atoms with Crippen molar-refractivity contribution in [3.63, 3.8) is 0 Å². The monoisotopic (exact) mass is 336 g/mol. The van der Waals surface area contributed by atoms with E-state index in [1.165, 1.54) is 35.1 Å². The van der Waals surface area contributed by atoms with Crippen molar-refractivity contribution in [3.8, 4) is 11.5 Å². The van der Waals surface area contributed by atoms with Crippen LogP contribution in [0, 0.1) is 20.8 Å². The van der Waals surface area contributed by atoms with Crippen LogP contribution in [0.5, 0.6) is 11.5 Å². The van der Waals surface area contributed by atoms with Crippen LogP contribution in [0.4, 0.5) is 0 Å². The number of fused-ring (bicyclic) bond motifs is 1.